The van der Waals surface area contributed by atoms with Crippen LogP contribution in [0.25, 0.3) is 0 Å². The first-order valence-corrected chi connectivity index (χ1v) is 7.14. The van der Waals surface area contributed by atoms with Crippen molar-refractivity contribution in [2.45, 2.75) is 45.8 Å². The number of methoxy groups -OCH3 is 1. The number of rotatable bonds is 11. The molecule has 0 heterocycles. The first-order valence-electron chi connectivity index (χ1n) is 7.14. The summed E-state index contributed by atoms with van der Waals surface area (Å²) in [5.74, 6) is 0.840. The molecular formula is C14H32N2O2. The predicted octanol–water partition coefficient (Wildman–Crippen LogP) is 1.24. The van der Waals surface area contributed by atoms with Crippen molar-refractivity contribution in [1.82, 2.24) is 10.6 Å². The fourth-order valence-electron chi connectivity index (χ4n) is 2.18. The summed E-state index contributed by atoms with van der Waals surface area (Å²) < 4.78 is 5.44. The maximum atomic E-state index is 9.92. The number of ether oxygens (including phenoxy) is 1. The molecule has 0 aromatic carbocycles. The number of hydrogen-bond donors (Lipinski definition) is 3. The standard InChI is InChI=1S/C14H32N2O2/c1-6-13(17)14(18-5)12(3)11(2)10-16-9-7-8-15-4/h11-17H,6-10H2,1-5H3/t11?,12-,13?,14+/m1/s1. The van der Waals surface area contributed by atoms with E-state index in [0.717, 1.165) is 32.5 Å². The highest BCUT2D eigenvalue weighted by atomic mass is 16.5. The van der Waals surface area contributed by atoms with Crippen LogP contribution in [0.1, 0.15) is 33.6 Å². The molecule has 0 fully saturated rings. The Morgan fingerprint density at radius 1 is 1.22 bits per heavy atom. The molecule has 4 heteroatoms. The Labute approximate surface area is 112 Å². The fourth-order valence-corrected chi connectivity index (χ4v) is 2.18. The third-order valence-corrected chi connectivity index (χ3v) is 3.73. The van der Waals surface area contributed by atoms with E-state index in [2.05, 4.69) is 24.5 Å². The Bertz CT molecular complexity index is 191. The van der Waals surface area contributed by atoms with Gasteiger partial charge in [0.05, 0.1) is 12.2 Å². The number of aliphatic hydroxyl groups is 1. The average molecular weight is 260 g/mol. The molecule has 4 nitrogen and oxygen atoms in total. The molecule has 110 valence electrons. The Balaban J connectivity index is 3.95. The van der Waals surface area contributed by atoms with Gasteiger partial charge in [-0.3, -0.25) is 0 Å². The van der Waals surface area contributed by atoms with E-state index in [1.807, 2.05) is 14.0 Å². The highest BCUT2D eigenvalue weighted by Gasteiger charge is 2.27. The normalized spacial score (nSPS) is 18.3. The molecule has 0 saturated heterocycles. The molecule has 2 unspecified atom stereocenters. The third kappa shape index (κ3) is 6.69. The van der Waals surface area contributed by atoms with Crippen molar-refractivity contribution in [2.24, 2.45) is 11.8 Å². The SMILES string of the molecule is CCC(O)[C@@H](OC)[C@H](C)C(C)CNCCCNC. The van der Waals surface area contributed by atoms with E-state index in [9.17, 15) is 5.11 Å². The lowest BCUT2D eigenvalue weighted by Crippen LogP contribution is -2.39. The molecule has 0 bridgehead atoms. The lowest BCUT2D eigenvalue weighted by molar-refractivity contribution is -0.0546. The first kappa shape index (κ1) is 17.8. The first-order chi connectivity index (χ1) is 8.58. The molecule has 0 aliphatic rings. The summed E-state index contributed by atoms with van der Waals surface area (Å²) in [5, 5.41) is 16.5. The van der Waals surface area contributed by atoms with Crippen LogP contribution in [0.3, 0.4) is 0 Å². The van der Waals surface area contributed by atoms with Gasteiger partial charge in [-0.2, -0.15) is 0 Å². The van der Waals surface area contributed by atoms with Crippen LogP contribution in [0.15, 0.2) is 0 Å². The largest absolute Gasteiger partial charge is 0.390 e. The van der Waals surface area contributed by atoms with Crippen LogP contribution >= 0.6 is 0 Å². The van der Waals surface area contributed by atoms with Crippen LogP contribution in [-0.2, 0) is 4.74 Å². The molecule has 0 radical (unpaired) electrons. The van der Waals surface area contributed by atoms with E-state index in [4.69, 9.17) is 4.74 Å². The van der Waals surface area contributed by atoms with Crippen LogP contribution in [0.4, 0.5) is 0 Å². The molecule has 0 rings (SSSR count). The van der Waals surface area contributed by atoms with Gasteiger partial charge in [0.15, 0.2) is 0 Å². The van der Waals surface area contributed by atoms with Crippen molar-refractivity contribution >= 4 is 0 Å². The van der Waals surface area contributed by atoms with Gasteiger partial charge in [-0.1, -0.05) is 20.8 Å². The summed E-state index contributed by atoms with van der Waals surface area (Å²) in [4.78, 5) is 0. The van der Waals surface area contributed by atoms with Crippen molar-refractivity contribution in [2.75, 3.05) is 33.8 Å². The number of hydrogen-bond acceptors (Lipinski definition) is 4. The molecule has 0 aliphatic carbocycles. The van der Waals surface area contributed by atoms with Gasteiger partial charge in [-0.25, -0.2) is 0 Å². The number of nitrogens with one attached hydrogen (secondary N) is 2. The van der Waals surface area contributed by atoms with Crippen molar-refractivity contribution in [3.05, 3.63) is 0 Å². The minimum atomic E-state index is -0.364. The molecule has 3 N–H and O–H groups in total. The summed E-state index contributed by atoms with van der Waals surface area (Å²) in [6, 6.07) is 0. The fraction of sp³-hybridized carbons (Fsp3) is 1.00. The quantitative estimate of drug-likeness (QED) is 0.489. The second-order valence-electron chi connectivity index (χ2n) is 5.17. The third-order valence-electron chi connectivity index (χ3n) is 3.73. The van der Waals surface area contributed by atoms with E-state index in [1.165, 1.54) is 0 Å². The summed E-state index contributed by atoms with van der Waals surface area (Å²) in [7, 11) is 3.66. The van der Waals surface area contributed by atoms with E-state index >= 15 is 0 Å². The minimum absolute atomic E-state index is 0.0656. The van der Waals surface area contributed by atoms with Crippen LogP contribution in [0.2, 0.25) is 0 Å². The molecule has 0 aromatic rings. The van der Waals surface area contributed by atoms with Crippen molar-refractivity contribution in [1.29, 1.82) is 0 Å². The molecule has 0 saturated carbocycles. The highest BCUT2D eigenvalue weighted by molar-refractivity contribution is 4.78. The van der Waals surface area contributed by atoms with Crippen LogP contribution in [-0.4, -0.2) is 51.1 Å². The van der Waals surface area contributed by atoms with Crippen molar-refractivity contribution in [3.63, 3.8) is 0 Å². The minimum Gasteiger partial charge on any atom is -0.390 e. The van der Waals surface area contributed by atoms with Crippen molar-refractivity contribution < 1.29 is 9.84 Å². The molecule has 0 aromatic heterocycles. The van der Waals surface area contributed by atoms with Gasteiger partial charge in [0.1, 0.15) is 0 Å². The summed E-state index contributed by atoms with van der Waals surface area (Å²) in [6.07, 6.45) is 1.45. The van der Waals surface area contributed by atoms with Gasteiger partial charge in [0.25, 0.3) is 0 Å². The smallest absolute Gasteiger partial charge is 0.0858 e. The van der Waals surface area contributed by atoms with Gasteiger partial charge < -0.3 is 20.5 Å². The van der Waals surface area contributed by atoms with E-state index in [1.54, 1.807) is 7.11 Å². The Morgan fingerprint density at radius 2 is 1.89 bits per heavy atom. The van der Waals surface area contributed by atoms with E-state index < -0.39 is 0 Å². The van der Waals surface area contributed by atoms with Crippen LogP contribution in [0, 0.1) is 11.8 Å². The van der Waals surface area contributed by atoms with Crippen LogP contribution in [0.5, 0.6) is 0 Å². The Morgan fingerprint density at radius 3 is 2.39 bits per heavy atom. The van der Waals surface area contributed by atoms with Gasteiger partial charge in [0, 0.05) is 7.11 Å². The molecular weight excluding hydrogens is 228 g/mol. The lowest BCUT2D eigenvalue weighted by Gasteiger charge is -2.31. The summed E-state index contributed by atoms with van der Waals surface area (Å²) >= 11 is 0. The monoisotopic (exact) mass is 260 g/mol. The molecule has 0 spiro atoms. The zero-order valence-electron chi connectivity index (χ0n) is 12.7. The van der Waals surface area contributed by atoms with E-state index in [0.29, 0.717) is 11.8 Å². The van der Waals surface area contributed by atoms with Crippen molar-refractivity contribution in [3.8, 4) is 0 Å². The molecule has 18 heavy (non-hydrogen) atoms. The highest BCUT2D eigenvalue weighted by Crippen LogP contribution is 2.21. The van der Waals surface area contributed by atoms with Gasteiger partial charge in [-0.15, -0.1) is 0 Å². The Kier molecular flexibility index (Phi) is 10.6. The zero-order valence-corrected chi connectivity index (χ0v) is 12.7. The second kappa shape index (κ2) is 10.7. The summed E-state index contributed by atoms with van der Waals surface area (Å²) in [6.45, 7) is 9.42. The van der Waals surface area contributed by atoms with Crippen LogP contribution < -0.4 is 10.6 Å². The topological polar surface area (TPSA) is 53.5 Å². The molecule has 4 atom stereocenters. The van der Waals surface area contributed by atoms with Gasteiger partial charge in [-0.05, 0) is 51.4 Å². The molecule has 0 aliphatic heterocycles. The summed E-state index contributed by atoms with van der Waals surface area (Å²) in [5.41, 5.74) is 0. The van der Waals surface area contributed by atoms with E-state index in [-0.39, 0.29) is 12.2 Å². The maximum Gasteiger partial charge on any atom is 0.0858 e. The average Bonchev–Trinajstić information content (AvgIpc) is 2.38. The maximum absolute atomic E-state index is 9.92. The second-order valence-corrected chi connectivity index (χ2v) is 5.17. The predicted molar refractivity (Wildman–Crippen MR) is 76.8 cm³/mol. The Hall–Kier alpha value is -0.160. The lowest BCUT2D eigenvalue weighted by atomic mass is 9.87. The number of aliphatic hydroxyl groups excluding tert-OH is 1. The van der Waals surface area contributed by atoms with Gasteiger partial charge >= 0.3 is 0 Å². The van der Waals surface area contributed by atoms with Gasteiger partial charge in [0.2, 0.25) is 0 Å². The molecule has 0 amide bonds. The zero-order chi connectivity index (χ0) is 14.0.